The maximum Gasteiger partial charge on any atom is 0.307 e. The van der Waals surface area contributed by atoms with Gasteiger partial charge in [0.15, 0.2) is 0 Å². The molecule has 0 saturated carbocycles. The molecule has 5 heteroatoms. The number of hydrogen-bond acceptors (Lipinski definition) is 2. The summed E-state index contributed by atoms with van der Waals surface area (Å²) in [5.41, 5.74) is 1.39. The first kappa shape index (κ1) is 16.0. The molecule has 2 N–H and O–H groups in total. The third-order valence-corrected chi connectivity index (χ3v) is 2.76. The van der Waals surface area contributed by atoms with Crippen molar-refractivity contribution in [1.82, 2.24) is 0 Å². The molecule has 0 aliphatic rings. The van der Waals surface area contributed by atoms with E-state index in [9.17, 15) is 9.59 Å². The summed E-state index contributed by atoms with van der Waals surface area (Å²) >= 11 is 5.55. The molecule has 0 aliphatic heterocycles. The highest BCUT2D eigenvalue weighted by Crippen LogP contribution is 2.19. The number of carboxylic acid groups (broad SMARTS) is 2. The van der Waals surface area contributed by atoms with E-state index in [1.807, 2.05) is 0 Å². The van der Waals surface area contributed by atoms with Gasteiger partial charge in [-0.05, 0) is 26.2 Å². The fourth-order valence-corrected chi connectivity index (χ4v) is 1.79. The molecule has 0 rings (SSSR count). The first-order chi connectivity index (χ1) is 7.97. The van der Waals surface area contributed by atoms with Gasteiger partial charge in [-0.1, -0.05) is 17.6 Å². The Hall–Kier alpha value is -1.03. The molecule has 98 valence electrons. The molecule has 0 aliphatic carbocycles. The Morgan fingerprint density at radius 1 is 1.00 bits per heavy atom. The smallest absolute Gasteiger partial charge is 0.307 e. The quantitative estimate of drug-likeness (QED) is 0.380. The third-order valence-electron chi connectivity index (χ3n) is 2.50. The molecular formula is C12H19ClO4. The van der Waals surface area contributed by atoms with E-state index in [1.54, 1.807) is 6.92 Å². The SMILES string of the molecule is C/C(CC(=O)O)=C(/CCCCCCl)CC(=O)O. The topological polar surface area (TPSA) is 74.6 Å². The number of carboxylic acids is 2. The van der Waals surface area contributed by atoms with Gasteiger partial charge in [-0.15, -0.1) is 11.6 Å². The molecule has 0 aromatic heterocycles. The van der Waals surface area contributed by atoms with Crippen LogP contribution in [0.3, 0.4) is 0 Å². The van der Waals surface area contributed by atoms with E-state index in [0.717, 1.165) is 24.8 Å². The maximum absolute atomic E-state index is 10.7. The predicted octanol–water partition coefficient (Wildman–Crippen LogP) is 3.05. The number of halogens is 1. The lowest BCUT2D eigenvalue weighted by Gasteiger charge is -2.09. The van der Waals surface area contributed by atoms with E-state index < -0.39 is 11.9 Å². The highest BCUT2D eigenvalue weighted by atomic mass is 35.5. The lowest BCUT2D eigenvalue weighted by atomic mass is 9.98. The van der Waals surface area contributed by atoms with Crippen LogP contribution in [0.4, 0.5) is 0 Å². The summed E-state index contributed by atoms with van der Waals surface area (Å²) < 4.78 is 0. The fourth-order valence-electron chi connectivity index (χ4n) is 1.60. The average Bonchev–Trinajstić information content (AvgIpc) is 2.21. The van der Waals surface area contributed by atoms with Crippen molar-refractivity contribution < 1.29 is 19.8 Å². The minimum absolute atomic E-state index is 0.0695. The van der Waals surface area contributed by atoms with E-state index in [-0.39, 0.29) is 12.8 Å². The zero-order valence-electron chi connectivity index (χ0n) is 10.0. The van der Waals surface area contributed by atoms with Crippen molar-refractivity contribution in [3.8, 4) is 0 Å². The molecule has 17 heavy (non-hydrogen) atoms. The van der Waals surface area contributed by atoms with Gasteiger partial charge in [-0.25, -0.2) is 0 Å². The molecule has 0 aromatic rings. The second-order valence-electron chi connectivity index (χ2n) is 4.02. The van der Waals surface area contributed by atoms with E-state index in [1.165, 1.54) is 0 Å². The monoisotopic (exact) mass is 262 g/mol. The lowest BCUT2D eigenvalue weighted by Crippen LogP contribution is -2.03. The van der Waals surface area contributed by atoms with Gasteiger partial charge in [0, 0.05) is 5.88 Å². The number of aliphatic carboxylic acids is 2. The molecule has 4 nitrogen and oxygen atoms in total. The number of rotatable bonds is 9. The molecule has 0 amide bonds. The first-order valence-corrected chi connectivity index (χ1v) is 6.18. The minimum Gasteiger partial charge on any atom is -0.481 e. The van der Waals surface area contributed by atoms with Crippen LogP contribution in [0.25, 0.3) is 0 Å². The first-order valence-electron chi connectivity index (χ1n) is 5.64. The summed E-state index contributed by atoms with van der Waals surface area (Å²) in [6, 6.07) is 0. The molecule has 0 bridgehead atoms. The largest absolute Gasteiger partial charge is 0.481 e. The van der Waals surface area contributed by atoms with E-state index >= 15 is 0 Å². The van der Waals surface area contributed by atoms with Gasteiger partial charge < -0.3 is 10.2 Å². The van der Waals surface area contributed by atoms with Crippen LogP contribution in [-0.4, -0.2) is 28.0 Å². The van der Waals surface area contributed by atoms with Gasteiger partial charge >= 0.3 is 11.9 Å². The van der Waals surface area contributed by atoms with E-state index in [2.05, 4.69) is 0 Å². The Balaban J connectivity index is 4.40. The second kappa shape index (κ2) is 9.05. The normalized spacial score (nSPS) is 12.1. The van der Waals surface area contributed by atoms with Crippen molar-refractivity contribution >= 4 is 23.5 Å². The third kappa shape index (κ3) is 8.74. The summed E-state index contributed by atoms with van der Waals surface area (Å²) in [6.45, 7) is 1.69. The Morgan fingerprint density at radius 3 is 2.06 bits per heavy atom. The molecular weight excluding hydrogens is 244 g/mol. The summed E-state index contributed by atoms with van der Waals surface area (Å²) in [4.78, 5) is 21.3. The van der Waals surface area contributed by atoms with Crippen molar-refractivity contribution in [2.75, 3.05) is 5.88 Å². The van der Waals surface area contributed by atoms with Crippen molar-refractivity contribution in [3.63, 3.8) is 0 Å². The van der Waals surface area contributed by atoms with Crippen LogP contribution in [-0.2, 0) is 9.59 Å². The van der Waals surface area contributed by atoms with Crippen molar-refractivity contribution in [2.24, 2.45) is 0 Å². The molecule has 0 atom stereocenters. The van der Waals surface area contributed by atoms with Crippen LogP contribution in [0.5, 0.6) is 0 Å². The molecule has 0 fully saturated rings. The number of unbranched alkanes of at least 4 members (excludes halogenated alkanes) is 2. The molecule has 0 radical (unpaired) electrons. The van der Waals surface area contributed by atoms with E-state index in [0.29, 0.717) is 17.9 Å². The molecule has 0 saturated heterocycles. The molecule has 0 heterocycles. The van der Waals surface area contributed by atoms with Crippen LogP contribution in [0.1, 0.15) is 45.4 Å². The zero-order valence-corrected chi connectivity index (χ0v) is 10.8. The number of alkyl halides is 1. The average molecular weight is 263 g/mol. The van der Waals surface area contributed by atoms with E-state index in [4.69, 9.17) is 21.8 Å². The fraction of sp³-hybridized carbons (Fsp3) is 0.667. The second-order valence-corrected chi connectivity index (χ2v) is 4.40. The Morgan fingerprint density at radius 2 is 1.59 bits per heavy atom. The van der Waals surface area contributed by atoms with Crippen LogP contribution in [0, 0.1) is 0 Å². The minimum atomic E-state index is -0.925. The Kier molecular flexibility index (Phi) is 8.50. The molecule has 0 aromatic carbocycles. The van der Waals surface area contributed by atoms with Gasteiger partial charge in [0.05, 0.1) is 12.8 Å². The van der Waals surface area contributed by atoms with Crippen molar-refractivity contribution in [1.29, 1.82) is 0 Å². The van der Waals surface area contributed by atoms with Crippen LogP contribution in [0.15, 0.2) is 11.1 Å². The number of carbonyl (C=O) groups is 2. The van der Waals surface area contributed by atoms with Crippen molar-refractivity contribution in [2.45, 2.75) is 45.4 Å². The standard InChI is InChI=1S/C12H19ClO4/c1-9(7-11(14)15)10(8-12(16)17)5-3-2-4-6-13/h2-8H2,1H3,(H,14,15)(H,16,17)/b10-9+. The van der Waals surface area contributed by atoms with Crippen LogP contribution in [0.2, 0.25) is 0 Å². The van der Waals surface area contributed by atoms with Crippen LogP contribution >= 0.6 is 11.6 Å². The predicted molar refractivity (Wildman–Crippen MR) is 66.4 cm³/mol. The highest BCUT2D eigenvalue weighted by molar-refractivity contribution is 6.17. The van der Waals surface area contributed by atoms with Gasteiger partial charge in [0.1, 0.15) is 0 Å². The highest BCUT2D eigenvalue weighted by Gasteiger charge is 2.10. The Bertz CT molecular complexity index is 297. The lowest BCUT2D eigenvalue weighted by molar-refractivity contribution is -0.137. The molecule has 0 spiro atoms. The Labute approximate surface area is 106 Å². The number of hydrogen-bond donors (Lipinski definition) is 2. The maximum atomic E-state index is 10.7. The van der Waals surface area contributed by atoms with Gasteiger partial charge in [0.2, 0.25) is 0 Å². The van der Waals surface area contributed by atoms with Gasteiger partial charge in [0.25, 0.3) is 0 Å². The summed E-state index contributed by atoms with van der Waals surface area (Å²) in [7, 11) is 0. The summed E-state index contributed by atoms with van der Waals surface area (Å²) in [5.74, 6) is -1.24. The van der Waals surface area contributed by atoms with Crippen molar-refractivity contribution in [3.05, 3.63) is 11.1 Å². The summed E-state index contributed by atoms with van der Waals surface area (Å²) in [6.07, 6.45) is 3.18. The molecule has 0 unspecified atom stereocenters. The zero-order chi connectivity index (χ0) is 13.3. The van der Waals surface area contributed by atoms with Gasteiger partial charge in [-0.3, -0.25) is 9.59 Å². The summed E-state index contributed by atoms with van der Waals surface area (Å²) in [5, 5.41) is 17.4. The van der Waals surface area contributed by atoms with Gasteiger partial charge in [-0.2, -0.15) is 0 Å². The van der Waals surface area contributed by atoms with Crippen LogP contribution < -0.4 is 0 Å².